The first-order valence-electron chi connectivity index (χ1n) is 8.09. The molecule has 0 fully saturated rings. The highest BCUT2D eigenvalue weighted by molar-refractivity contribution is 5.40. The highest BCUT2D eigenvalue weighted by atomic mass is 14.4. The maximum Gasteiger partial charge on any atom is 0.0845 e. The van der Waals surface area contributed by atoms with Gasteiger partial charge in [-0.1, -0.05) is 65.7 Å². The number of hydrogen-bond acceptors (Lipinski definition) is 1. The van der Waals surface area contributed by atoms with Crippen molar-refractivity contribution >= 4 is 0 Å². The molecule has 1 aromatic carbocycles. The van der Waals surface area contributed by atoms with Gasteiger partial charge in [-0.3, -0.25) is 0 Å². The third-order valence-electron chi connectivity index (χ3n) is 4.59. The van der Waals surface area contributed by atoms with E-state index in [9.17, 15) is 5.26 Å². The van der Waals surface area contributed by atoms with Crippen molar-refractivity contribution in [1.29, 1.82) is 5.26 Å². The van der Waals surface area contributed by atoms with Gasteiger partial charge in [-0.15, -0.1) is 0 Å². The molecule has 0 bridgehead atoms. The van der Waals surface area contributed by atoms with Gasteiger partial charge in [0.1, 0.15) is 0 Å². The van der Waals surface area contributed by atoms with E-state index in [1.54, 1.807) is 0 Å². The maximum atomic E-state index is 9.87. The van der Waals surface area contributed by atoms with Crippen molar-refractivity contribution in [2.24, 2.45) is 5.92 Å². The molecule has 20 heavy (non-hydrogen) atoms. The second kappa shape index (κ2) is 7.48. The standard InChI is InChI=1S/C19H29N/c1-6-9-12-19(14-20,15(4)5)18-11-10-16(7-2)17(8-3)13-18/h10-11,13,15H,6-9,12H2,1-5H3. The van der Waals surface area contributed by atoms with Gasteiger partial charge in [0, 0.05) is 0 Å². The molecule has 0 saturated heterocycles. The van der Waals surface area contributed by atoms with Crippen LogP contribution in [0.15, 0.2) is 18.2 Å². The van der Waals surface area contributed by atoms with Crippen molar-refractivity contribution in [2.75, 3.05) is 0 Å². The van der Waals surface area contributed by atoms with Crippen LogP contribution in [0.4, 0.5) is 0 Å². The molecule has 0 spiro atoms. The van der Waals surface area contributed by atoms with Gasteiger partial charge in [0.15, 0.2) is 0 Å². The molecule has 1 rings (SSSR count). The Bertz CT molecular complexity index is 467. The largest absolute Gasteiger partial charge is 0.197 e. The molecule has 0 aliphatic heterocycles. The zero-order valence-corrected chi connectivity index (χ0v) is 13.8. The molecule has 110 valence electrons. The van der Waals surface area contributed by atoms with Crippen molar-refractivity contribution in [1.82, 2.24) is 0 Å². The number of nitrogens with zero attached hydrogens (tertiary/aromatic N) is 1. The van der Waals surface area contributed by atoms with Gasteiger partial charge in [0.2, 0.25) is 0 Å². The van der Waals surface area contributed by atoms with Crippen LogP contribution in [0.5, 0.6) is 0 Å². The minimum absolute atomic E-state index is 0.327. The van der Waals surface area contributed by atoms with Crippen molar-refractivity contribution in [3.63, 3.8) is 0 Å². The number of unbranched alkanes of at least 4 members (excludes halogenated alkanes) is 1. The van der Waals surface area contributed by atoms with Crippen molar-refractivity contribution in [2.45, 2.75) is 72.1 Å². The van der Waals surface area contributed by atoms with Crippen LogP contribution in [-0.2, 0) is 18.3 Å². The Kier molecular flexibility index (Phi) is 6.27. The molecule has 0 saturated carbocycles. The van der Waals surface area contributed by atoms with E-state index in [-0.39, 0.29) is 5.41 Å². The average Bonchev–Trinajstić information content (AvgIpc) is 2.47. The third-order valence-corrected chi connectivity index (χ3v) is 4.59. The summed E-state index contributed by atoms with van der Waals surface area (Å²) in [6, 6.07) is 9.37. The molecule has 0 heterocycles. The van der Waals surface area contributed by atoms with E-state index < -0.39 is 0 Å². The Balaban J connectivity index is 3.31. The summed E-state index contributed by atoms with van der Waals surface area (Å²) in [6.45, 7) is 11.0. The number of hydrogen-bond donors (Lipinski definition) is 0. The fraction of sp³-hybridized carbons (Fsp3) is 0.632. The number of benzene rings is 1. The monoisotopic (exact) mass is 271 g/mol. The van der Waals surface area contributed by atoms with E-state index >= 15 is 0 Å². The second-order valence-corrected chi connectivity index (χ2v) is 6.03. The molecule has 1 aromatic rings. The minimum atomic E-state index is -0.327. The topological polar surface area (TPSA) is 23.8 Å². The van der Waals surface area contributed by atoms with Gasteiger partial charge in [-0.2, -0.15) is 5.26 Å². The molecule has 1 nitrogen and oxygen atoms in total. The summed E-state index contributed by atoms with van der Waals surface area (Å²) in [5, 5.41) is 9.87. The summed E-state index contributed by atoms with van der Waals surface area (Å²) in [4.78, 5) is 0. The molecule has 0 aromatic heterocycles. The van der Waals surface area contributed by atoms with Crippen molar-refractivity contribution < 1.29 is 0 Å². The Hall–Kier alpha value is -1.29. The second-order valence-electron chi connectivity index (χ2n) is 6.03. The van der Waals surface area contributed by atoms with Crippen molar-refractivity contribution in [3.8, 4) is 6.07 Å². The van der Waals surface area contributed by atoms with Crippen molar-refractivity contribution in [3.05, 3.63) is 34.9 Å². The molecular formula is C19H29N. The molecular weight excluding hydrogens is 242 g/mol. The normalized spacial score (nSPS) is 14.1. The molecule has 1 unspecified atom stereocenters. The Morgan fingerprint density at radius 3 is 2.20 bits per heavy atom. The lowest BCUT2D eigenvalue weighted by Crippen LogP contribution is -2.31. The highest BCUT2D eigenvalue weighted by Gasteiger charge is 2.35. The smallest absolute Gasteiger partial charge is 0.0845 e. The van der Waals surface area contributed by atoms with Crippen LogP contribution in [0.2, 0.25) is 0 Å². The van der Waals surface area contributed by atoms with E-state index in [4.69, 9.17) is 0 Å². The first-order chi connectivity index (χ1) is 9.55. The summed E-state index contributed by atoms with van der Waals surface area (Å²) < 4.78 is 0. The summed E-state index contributed by atoms with van der Waals surface area (Å²) in [7, 11) is 0. The molecule has 1 atom stereocenters. The van der Waals surface area contributed by atoms with E-state index in [2.05, 4.69) is 58.9 Å². The molecule has 1 heteroatoms. The first-order valence-corrected chi connectivity index (χ1v) is 8.09. The van der Waals surface area contributed by atoms with E-state index in [0.29, 0.717) is 5.92 Å². The van der Waals surface area contributed by atoms with Gasteiger partial charge in [-0.05, 0) is 41.9 Å². The summed E-state index contributed by atoms with van der Waals surface area (Å²) in [6.07, 6.45) is 5.34. The van der Waals surface area contributed by atoms with Gasteiger partial charge in [-0.25, -0.2) is 0 Å². The van der Waals surface area contributed by atoms with Crippen LogP contribution in [0, 0.1) is 17.2 Å². The molecule has 0 N–H and O–H groups in total. The number of rotatable bonds is 7. The van der Waals surface area contributed by atoms with Gasteiger partial charge in [0.25, 0.3) is 0 Å². The summed E-state index contributed by atoms with van der Waals surface area (Å²) in [5.74, 6) is 0.344. The maximum absolute atomic E-state index is 9.87. The Labute approximate surface area is 125 Å². The zero-order chi connectivity index (χ0) is 15.2. The Morgan fingerprint density at radius 1 is 1.10 bits per heavy atom. The van der Waals surface area contributed by atoms with Crippen LogP contribution in [-0.4, -0.2) is 0 Å². The zero-order valence-electron chi connectivity index (χ0n) is 13.8. The van der Waals surface area contributed by atoms with Crippen LogP contribution < -0.4 is 0 Å². The number of aryl methyl sites for hydroxylation is 2. The van der Waals surface area contributed by atoms with E-state index in [0.717, 1.165) is 32.1 Å². The highest BCUT2D eigenvalue weighted by Crippen LogP contribution is 2.37. The lowest BCUT2D eigenvalue weighted by molar-refractivity contribution is 0.358. The SMILES string of the molecule is CCCCC(C#N)(c1ccc(CC)c(CC)c1)C(C)C. The average molecular weight is 271 g/mol. The molecule has 0 radical (unpaired) electrons. The fourth-order valence-corrected chi connectivity index (χ4v) is 3.05. The lowest BCUT2D eigenvalue weighted by Gasteiger charge is -2.32. The molecule has 0 aliphatic rings. The summed E-state index contributed by atoms with van der Waals surface area (Å²) in [5.41, 5.74) is 3.72. The van der Waals surface area contributed by atoms with E-state index in [1.807, 2.05) is 0 Å². The third kappa shape index (κ3) is 3.23. The van der Waals surface area contributed by atoms with E-state index in [1.165, 1.54) is 16.7 Å². The number of nitriles is 1. The predicted octanol–water partition coefficient (Wildman–Crippen LogP) is 5.42. The molecule has 0 aliphatic carbocycles. The van der Waals surface area contributed by atoms with Crippen LogP contribution in [0.25, 0.3) is 0 Å². The van der Waals surface area contributed by atoms with Crippen LogP contribution >= 0.6 is 0 Å². The van der Waals surface area contributed by atoms with Gasteiger partial charge in [0.05, 0.1) is 11.5 Å². The Morgan fingerprint density at radius 2 is 1.75 bits per heavy atom. The fourth-order valence-electron chi connectivity index (χ4n) is 3.05. The summed E-state index contributed by atoms with van der Waals surface area (Å²) >= 11 is 0. The lowest BCUT2D eigenvalue weighted by atomic mass is 9.69. The van der Waals surface area contributed by atoms with Gasteiger partial charge < -0.3 is 0 Å². The van der Waals surface area contributed by atoms with Crippen LogP contribution in [0.1, 0.15) is 70.6 Å². The first kappa shape index (κ1) is 16.8. The van der Waals surface area contributed by atoms with Crippen LogP contribution in [0.3, 0.4) is 0 Å². The van der Waals surface area contributed by atoms with Gasteiger partial charge >= 0.3 is 0 Å². The minimum Gasteiger partial charge on any atom is -0.197 e. The predicted molar refractivity (Wildman–Crippen MR) is 86.9 cm³/mol. The quantitative estimate of drug-likeness (QED) is 0.649. The molecule has 0 amide bonds.